The predicted octanol–water partition coefficient (Wildman–Crippen LogP) is 0.636. The molecule has 1 saturated heterocycles. The lowest BCUT2D eigenvalue weighted by atomic mass is 10.2. The van der Waals surface area contributed by atoms with Crippen molar-refractivity contribution >= 4 is 11.9 Å². The Bertz CT molecular complexity index is 307. The van der Waals surface area contributed by atoms with Crippen LogP contribution in [0.15, 0.2) is 0 Å². The van der Waals surface area contributed by atoms with Crippen LogP contribution in [0.1, 0.15) is 32.6 Å². The van der Waals surface area contributed by atoms with Crippen LogP contribution in [0.2, 0.25) is 0 Å². The van der Waals surface area contributed by atoms with Crippen LogP contribution in [0.5, 0.6) is 0 Å². The van der Waals surface area contributed by atoms with Crippen LogP contribution in [-0.4, -0.2) is 60.5 Å². The summed E-state index contributed by atoms with van der Waals surface area (Å²) in [6.07, 6.45) is 3.12. The lowest BCUT2D eigenvalue weighted by molar-refractivity contribution is -0.146. The second-order valence-corrected chi connectivity index (χ2v) is 4.95. The lowest BCUT2D eigenvalue weighted by Gasteiger charge is -2.34. The van der Waals surface area contributed by atoms with E-state index in [9.17, 15) is 9.59 Å². The number of hydrogen-bond acceptors (Lipinski definition) is 4. The van der Waals surface area contributed by atoms with E-state index in [1.165, 1.54) is 12.8 Å². The number of rotatable bonds is 5. The Hall–Kier alpha value is -1.10. The minimum absolute atomic E-state index is 0.0819. The third-order valence-electron chi connectivity index (χ3n) is 3.58. The SMILES string of the molecule is CCOC(=O)CCC(=O)N1CCN(C2CC2)CC1. The van der Waals surface area contributed by atoms with Gasteiger partial charge in [-0.25, -0.2) is 0 Å². The van der Waals surface area contributed by atoms with Crippen LogP contribution in [-0.2, 0) is 14.3 Å². The van der Waals surface area contributed by atoms with Crippen LogP contribution in [0.25, 0.3) is 0 Å². The van der Waals surface area contributed by atoms with Crippen LogP contribution in [0, 0.1) is 0 Å². The number of piperazine rings is 1. The number of nitrogens with zero attached hydrogens (tertiary/aromatic N) is 2. The first-order valence-electron chi connectivity index (χ1n) is 6.88. The minimum Gasteiger partial charge on any atom is -0.466 e. The summed E-state index contributed by atoms with van der Waals surface area (Å²) in [6.45, 7) is 5.73. The summed E-state index contributed by atoms with van der Waals surface area (Å²) in [5, 5.41) is 0. The average molecular weight is 254 g/mol. The molecule has 2 aliphatic rings. The van der Waals surface area contributed by atoms with Gasteiger partial charge in [-0.3, -0.25) is 14.5 Å². The molecule has 1 saturated carbocycles. The first kappa shape index (κ1) is 13.3. The van der Waals surface area contributed by atoms with Crippen molar-refractivity contribution in [3.8, 4) is 0 Å². The van der Waals surface area contributed by atoms with Gasteiger partial charge >= 0.3 is 5.97 Å². The summed E-state index contributed by atoms with van der Waals surface area (Å²) < 4.78 is 4.82. The van der Waals surface area contributed by atoms with Gasteiger partial charge in [0.1, 0.15) is 0 Å². The zero-order chi connectivity index (χ0) is 13.0. The number of carbonyl (C=O) groups excluding carboxylic acids is 2. The molecule has 18 heavy (non-hydrogen) atoms. The molecule has 0 aromatic rings. The second-order valence-electron chi connectivity index (χ2n) is 4.95. The van der Waals surface area contributed by atoms with Crippen molar-refractivity contribution in [1.82, 2.24) is 9.80 Å². The molecule has 102 valence electrons. The van der Waals surface area contributed by atoms with E-state index in [4.69, 9.17) is 4.74 Å². The van der Waals surface area contributed by atoms with Crippen molar-refractivity contribution < 1.29 is 14.3 Å². The van der Waals surface area contributed by atoms with Gasteiger partial charge in [0, 0.05) is 38.6 Å². The van der Waals surface area contributed by atoms with Crippen LogP contribution in [0.3, 0.4) is 0 Å². The fraction of sp³-hybridized carbons (Fsp3) is 0.846. The molecule has 1 amide bonds. The Labute approximate surface area is 108 Å². The number of carbonyl (C=O) groups is 2. The third kappa shape index (κ3) is 3.70. The van der Waals surface area contributed by atoms with Crippen LogP contribution < -0.4 is 0 Å². The van der Waals surface area contributed by atoms with Gasteiger partial charge in [-0.2, -0.15) is 0 Å². The highest BCUT2D eigenvalue weighted by molar-refractivity contribution is 5.81. The van der Waals surface area contributed by atoms with Gasteiger partial charge in [0.25, 0.3) is 0 Å². The molecule has 0 radical (unpaired) electrons. The fourth-order valence-corrected chi connectivity index (χ4v) is 2.38. The largest absolute Gasteiger partial charge is 0.466 e. The molecule has 0 unspecified atom stereocenters. The number of esters is 1. The van der Waals surface area contributed by atoms with Crippen molar-refractivity contribution in [3.63, 3.8) is 0 Å². The summed E-state index contributed by atoms with van der Waals surface area (Å²) in [6, 6.07) is 0.779. The van der Waals surface area contributed by atoms with Gasteiger partial charge < -0.3 is 9.64 Å². The predicted molar refractivity (Wildman–Crippen MR) is 67.0 cm³/mol. The average Bonchev–Trinajstić information content (AvgIpc) is 3.21. The van der Waals surface area contributed by atoms with Crippen molar-refractivity contribution in [2.24, 2.45) is 0 Å². The monoisotopic (exact) mass is 254 g/mol. The molecule has 2 fully saturated rings. The van der Waals surface area contributed by atoms with E-state index >= 15 is 0 Å². The fourth-order valence-electron chi connectivity index (χ4n) is 2.38. The number of hydrogen-bond donors (Lipinski definition) is 0. The topological polar surface area (TPSA) is 49.9 Å². The van der Waals surface area contributed by atoms with E-state index in [0.29, 0.717) is 6.61 Å². The molecule has 1 heterocycles. The molecule has 0 atom stereocenters. The van der Waals surface area contributed by atoms with E-state index < -0.39 is 0 Å². The molecule has 0 N–H and O–H groups in total. The van der Waals surface area contributed by atoms with Gasteiger partial charge in [-0.1, -0.05) is 0 Å². The Balaban J connectivity index is 1.65. The number of ether oxygens (including phenoxy) is 1. The maximum Gasteiger partial charge on any atom is 0.306 e. The Morgan fingerprint density at radius 1 is 1.11 bits per heavy atom. The van der Waals surface area contributed by atoms with Crippen LogP contribution >= 0.6 is 0 Å². The summed E-state index contributed by atoms with van der Waals surface area (Å²) >= 11 is 0. The van der Waals surface area contributed by atoms with Gasteiger partial charge in [-0.05, 0) is 19.8 Å². The molecule has 1 aliphatic carbocycles. The standard InChI is InChI=1S/C13H22N2O3/c1-2-18-13(17)6-5-12(16)15-9-7-14(8-10-15)11-3-4-11/h11H,2-10H2,1H3. The van der Waals surface area contributed by atoms with E-state index in [1.807, 2.05) is 4.90 Å². The molecule has 0 bridgehead atoms. The van der Waals surface area contributed by atoms with E-state index in [2.05, 4.69) is 4.90 Å². The molecule has 1 aliphatic heterocycles. The molecule has 0 aromatic heterocycles. The normalized spacial score (nSPS) is 20.8. The molecule has 2 rings (SSSR count). The maximum absolute atomic E-state index is 11.9. The number of amides is 1. The minimum atomic E-state index is -0.275. The van der Waals surface area contributed by atoms with Crippen LogP contribution in [0.4, 0.5) is 0 Å². The summed E-state index contributed by atoms with van der Waals surface area (Å²) in [5.74, 6) is -0.194. The molecular formula is C13H22N2O3. The highest BCUT2D eigenvalue weighted by Crippen LogP contribution is 2.27. The third-order valence-corrected chi connectivity index (χ3v) is 3.58. The second kappa shape index (κ2) is 6.18. The van der Waals surface area contributed by atoms with Crippen molar-refractivity contribution in [1.29, 1.82) is 0 Å². The zero-order valence-corrected chi connectivity index (χ0v) is 11.1. The molecule has 5 heteroatoms. The summed E-state index contributed by atoms with van der Waals surface area (Å²) in [4.78, 5) is 27.4. The summed E-state index contributed by atoms with van der Waals surface area (Å²) in [5.41, 5.74) is 0. The molecule has 5 nitrogen and oxygen atoms in total. The highest BCUT2D eigenvalue weighted by Gasteiger charge is 2.32. The first-order valence-corrected chi connectivity index (χ1v) is 6.88. The lowest BCUT2D eigenvalue weighted by Crippen LogP contribution is -2.49. The Morgan fingerprint density at radius 2 is 1.78 bits per heavy atom. The van der Waals surface area contributed by atoms with Gasteiger partial charge in [0.05, 0.1) is 13.0 Å². The highest BCUT2D eigenvalue weighted by atomic mass is 16.5. The van der Waals surface area contributed by atoms with E-state index in [1.54, 1.807) is 6.92 Å². The summed E-state index contributed by atoms with van der Waals surface area (Å²) in [7, 11) is 0. The molecular weight excluding hydrogens is 232 g/mol. The van der Waals surface area contributed by atoms with Crippen molar-refractivity contribution in [3.05, 3.63) is 0 Å². The van der Waals surface area contributed by atoms with Crippen molar-refractivity contribution in [2.45, 2.75) is 38.6 Å². The quantitative estimate of drug-likeness (QED) is 0.675. The van der Waals surface area contributed by atoms with Gasteiger partial charge in [-0.15, -0.1) is 0 Å². The molecule has 0 spiro atoms. The molecule has 0 aromatic carbocycles. The maximum atomic E-state index is 11.9. The first-order chi connectivity index (χ1) is 8.70. The smallest absolute Gasteiger partial charge is 0.306 e. The van der Waals surface area contributed by atoms with Gasteiger partial charge in [0.2, 0.25) is 5.91 Å². The Morgan fingerprint density at radius 3 is 2.33 bits per heavy atom. The Kier molecular flexibility index (Phi) is 4.58. The zero-order valence-electron chi connectivity index (χ0n) is 11.1. The van der Waals surface area contributed by atoms with Gasteiger partial charge in [0.15, 0.2) is 0 Å². The van der Waals surface area contributed by atoms with Crippen molar-refractivity contribution in [2.75, 3.05) is 32.8 Å². The van der Waals surface area contributed by atoms with E-state index in [-0.39, 0.29) is 24.7 Å². The van der Waals surface area contributed by atoms with E-state index in [0.717, 1.165) is 32.2 Å².